The van der Waals surface area contributed by atoms with E-state index in [0.717, 1.165) is 18.2 Å². The first-order chi connectivity index (χ1) is 5.95. The second-order valence-electron chi connectivity index (χ2n) is 3.97. The molecule has 0 aromatic heterocycles. The molecule has 0 heterocycles. The molecule has 0 aromatic carbocycles. The number of hydrogen-bond donors (Lipinski definition) is 0. The molecule has 0 aliphatic carbocycles. The van der Waals surface area contributed by atoms with E-state index in [1.54, 1.807) is 0 Å². The van der Waals surface area contributed by atoms with Crippen LogP contribution in [0.4, 0.5) is 0 Å². The molecule has 0 radical (unpaired) electrons. The van der Waals surface area contributed by atoms with Crippen LogP contribution in [0.15, 0.2) is 12.2 Å². The summed E-state index contributed by atoms with van der Waals surface area (Å²) < 4.78 is 4.87. The molecule has 0 rings (SSSR count). The van der Waals surface area contributed by atoms with Gasteiger partial charge in [-0.25, -0.2) is 4.79 Å². The maximum atomic E-state index is 10.8. The minimum atomic E-state index is -1.13. The molecule has 3 nitrogen and oxygen atoms in total. The molecule has 0 aliphatic rings. The van der Waals surface area contributed by atoms with Crippen LogP contribution in [0, 0.1) is 0 Å². The maximum absolute atomic E-state index is 10.8. The van der Waals surface area contributed by atoms with Gasteiger partial charge < -0.3 is 4.74 Å². The summed E-state index contributed by atoms with van der Waals surface area (Å²) in [5.41, 5.74) is 0. The van der Waals surface area contributed by atoms with E-state index in [0.29, 0.717) is 12.9 Å². The number of ether oxygens (including phenoxy) is 1. The summed E-state index contributed by atoms with van der Waals surface area (Å²) in [7, 11) is -1.13. The fourth-order valence-corrected chi connectivity index (χ4v) is 1.34. The SMILES string of the molecule is C[Si](C)(C)CCOC(=O)/C=C/C=O. The van der Waals surface area contributed by atoms with Gasteiger partial charge in [0, 0.05) is 14.1 Å². The van der Waals surface area contributed by atoms with Crippen molar-refractivity contribution in [2.45, 2.75) is 25.7 Å². The van der Waals surface area contributed by atoms with Crippen LogP contribution in [-0.4, -0.2) is 26.9 Å². The Balaban J connectivity index is 3.60. The Labute approximate surface area is 79.8 Å². The minimum absolute atomic E-state index is 0.439. The first-order valence-corrected chi connectivity index (χ1v) is 7.95. The van der Waals surface area contributed by atoms with Crippen molar-refractivity contribution in [3.05, 3.63) is 12.2 Å². The van der Waals surface area contributed by atoms with Crippen molar-refractivity contribution in [3.63, 3.8) is 0 Å². The van der Waals surface area contributed by atoms with E-state index in [9.17, 15) is 9.59 Å². The van der Waals surface area contributed by atoms with Crippen molar-refractivity contribution in [2.24, 2.45) is 0 Å². The minimum Gasteiger partial charge on any atom is -0.463 e. The van der Waals surface area contributed by atoms with Crippen molar-refractivity contribution < 1.29 is 14.3 Å². The number of allylic oxidation sites excluding steroid dienone is 1. The van der Waals surface area contributed by atoms with Gasteiger partial charge in [0.25, 0.3) is 0 Å². The predicted molar refractivity (Wildman–Crippen MR) is 54.3 cm³/mol. The van der Waals surface area contributed by atoms with Crippen LogP contribution in [0.5, 0.6) is 0 Å². The zero-order chi connectivity index (χ0) is 10.3. The number of hydrogen-bond acceptors (Lipinski definition) is 3. The molecule has 4 heteroatoms. The molecular formula is C9H16O3Si. The quantitative estimate of drug-likeness (QED) is 0.293. The lowest BCUT2D eigenvalue weighted by molar-refractivity contribution is -0.137. The lowest BCUT2D eigenvalue weighted by Crippen LogP contribution is -2.22. The Morgan fingerprint density at radius 3 is 2.46 bits per heavy atom. The van der Waals surface area contributed by atoms with E-state index in [1.165, 1.54) is 0 Å². The van der Waals surface area contributed by atoms with Gasteiger partial charge in [-0.05, 0) is 12.1 Å². The average Bonchev–Trinajstić information content (AvgIpc) is 1.98. The molecule has 0 N–H and O–H groups in total. The first-order valence-electron chi connectivity index (χ1n) is 4.24. The highest BCUT2D eigenvalue weighted by molar-refractivity contribution is 6.76. The molecule has 74 valence electrons. The van der Waals surface area contributed by atoms with Gasteiger partial charge in [0.05, 0.1) is 6.61 Å². The van der Waals surface area contributed by atoms with E-state index in [4.69, 9.17) is 4.74 Å². The van der Waals surface area contributed by atoms with Crippen LogP contribution in [0.1, 0.15) is 0 Å². The summed E-state index contributed by atoms with van der Waals surface area (Å²) in [4.78, 5) is 20.7. The molecule has 13 heavy (non-hydrogen) atoms. The fourth-order valence-electron chi connectivity index (χ4n) is 0.624. The largest absolute Gasteiger partial charge is 0.463 e. The molecule has 0 atom stereocenters. The van der Waals surface area contributed by atoms with Gasteiger partial charge >= 0.3 is 5.97 Å². The second-order valence-corrected chi connectivity index (χ2v) is 9.59. The summed E-state index contributed by atoms with van der Waals surface area (Å²) in [5.74, 6) is -0.439. The molecule has 0 aromatic rings. The van der Waals surface area contributed by atoms with Crippen LogP contribution in [0.25, 0.3) is 0 Å². The monoisotopic (exact) mass is 200 g/mol. The Morgan fingerprint density at radius 1 is 1.38 bits per heavy atom. The number of aldehydes is 1. The first kappa shape index (κ1) is 12.1. The van der Waals surface area contributed by atoms with Gasteiger partial charge in [0.2, 0.25) is 0 Å². The second kappa shape index (κ2) is 5.69. The summed E-state index contributed by atoms with van der Waals surface area (Å²) in [6, 6.07) is 0.952. The molecule has 0 aliphatic heterocycles. The Hall–Kier alpha value is -0.903. The normalized spacial score (nSPS) is 11.6. The predicted octanol–water partition coefficient (Wildman–Crippen LogP) is 1.62. The number of carbonyl (C=O) groups excluding carboxylic acids is 2. The van der Waals surface area contributed by atoms with Crippen LogP contribution >= 0.6 is 0 Å². The zero-order valence-electron chi connectivity index (χ0n) is 8.37. The number of rotatable bonds is 5. The third kappa shape index (κ3) is 9.01. The van der Waals surface area contributed by atoms with Gasteiger partial charge in [-0.15, -0.1) is 0 Å². The lowest BCUT2D eigenvalue weighted by atomic mass is 10.5. The van der Waals surface area contributed by atoms with Crippen LogP contribution < -0.4 is 0 Å². The summed E-state index contributed by atoms with van der Waals surface area (Å²) in [5, 5.41) is 0. The van der Waals surface area contributed by atoms with Crippen LogP contribution in [0.3, 0.4) is 0 Å². The van der Waals surface area contributed by atoms with E-state index < -0.39 is 14.0 Å². The van der Waals surface area contributed by atoms with Crippen molar-refractivity contribution in [2.75, 3.05) is 6.61 Å². The summed E-state index contributed by atoms with van der Waals surface area (Å²) >= 11 is 0. The van der Waals surface area contributed by atoms with Gasteiger partial charge in [-0.1, -0.05) is 19.6 Å². The highest BCUT2D eigenvalue weighted by Crippen LogP contribution is 2.07. The maximum Gasteiger partial charge on any atom is 0.330 e. The van der Waals surface area contributed by atoms with Crippen molar-refractivity contribution >= 4 is 20.3 Å². The molecule has 0 fully saturated rings. The molecule has 0 spiro atoms. The Morgan fingerprint density at radius 2 is 2.00 bits per heavy atom. The van der Waals surface area contributed by atoms with E-state index in [2.05, 4.69) is 19.6 Å². The van der Waals surface area contributed by atoms with Gasteiger partial charge in [0.1, 0.15) is 6.29 Å². The zero-order valence-corrected chi connectivity index (χ0v) is 9.37. The molecule has 0 saturated carbocycles. The molecule has 0 saturated heterocycles. The Bertz CT molecular complexity index is 203. The lowest BCUT2D eigenvalue weighted by Gasteiger charge is -2.14. The Kier molecular flexibility index (Phi) is 5.30. The van der Waals surface area contributed by atoms with Crippen molar-refractivity contribution in [1.82, 2.24) is 0 Å². The van der Waals surface area contributed by atoms with Gasteiger partial charge in [-0.3, -0.25) is 4.79 Å². The van der Waals surface area contributed by atoms with Gasteiger partial charge in [-0.2, -0.15) is 0 Å². The fraction of sp³-hybridized carbons (Fsp3) is 0.556. The molecule has 0 amide bonds. The number of carbonyl (C=O) groups is 2. The van der Waals surface area contributed by atoms with E-state index in [1.807, 2.05) is 0 Å². The summed E-state index contributed by atoms with van der Waals surface area (Å²) in [6.07, 6.45) is 2.83. The van der Waals surface area contributed by atoms with Crippen LogP contribution in [-0.2, 0) is 14.3 Å². The van der Waals surface area contributed by atoms with Crippen LogP contribution in [0.2, 0.25) is 25.7 Å². The highest BCUT2D eigenvalue weighted by atomic mass is 28.3. The molecule has 0 bridgehead atoms. The van der Waals surface area contributed by atoms with E-state index in [-0.39, 0.29) is 0 Å². The van der Waals surface area contributed by atoms with Crippen molar-refractivity contribution in [1.29, 1.82) is 0 Å². The standard InChI is InChI=1S/C9H16O3Si/c1-13(2,3)8-7-12-9(11)5-4-6-10/h4-6H,7-8H2,1-3H3/b5-4+. The molecular weight excluding hydrogens is 184 g/mol. The van der Waals surface area contributed by atoms with E-state index >= 15 is 0 Å². The summed E-state index contributed by atoms with van der Waals surface area (Å²) in [6.45, 7) is 7.09. The average molecular weight is 200 g/mol. The molecule has 0 unspecified atom stereocenters. The topological polar surface area (TPSA) is 43.4 Å². The highest BCUT2D eigenvalue weighted by Gasteiger charge is 2.12. The van der Waals surface area contributed by atoms with Crippen molar-refractivity contribution in [3.8, 4) is 0 Å². The third-order valence-electron chi connectivity index (χ3n) is 1.41. The number of esters is 1. The van der Waals surface area contributed by atoms with Gasteiger partial charge in [0.15, 0.2) is 0 Å². The third-order valence-corrected chi connectivity index (χ3v) is 3.11. The smallest absolute Gasteiger partial charge is 0.330 e.